The van der Waals surface area contributed by atoms with Crippen molar-refractivity contribution >= 4 is 34.7 Å². The van der Waals surface area contributed by atoms with Crippen molar-refractivity contribution in [1.29, 1.82) is 0 Å². The first-order valence-electron chi connectivity index (χ1n) is 8.58. The monoisotopic (exact) mass is 373 g/mol. The van der Waals surface area contributed by atoms with Gasteiger partial charge in [-0.3, -0.25) is 14.4 Å². The molecule has 0 saturated heterocycles. The lowest BCUT2D eigenvalue weighted by molar-refractivity contribution is -0.153. The number of esters is 1. The highest BCUT2D eigenvalue weighted by atomic mass is 32.1. The van der Waals surface area contributed by atoms with E-state index in [-0.39, 0.29) is 18.6 Å². The van der Waals surface area contributed by atoms with E-state index in [1.54, 1.807) is 6.07 Å². The van der Waals surface area contributed by atoms with Crippen LogP contribution in [0.1, 0.15) is 46.8 Å². The fourth-order valence-corrected chi connectivity index (χ4v) is 3.14. The summed E-state index contributed by atoms with van der Waals surface area (Å²) in [7, 11) is 0. The molecule has 0 aliphatic rings. The van der Waals surface area contributed by atoms with Crippen LogP contribution in [0.15, 0.2) is 36.4 Å². The molecule has 0 fully saturated rings. The number of carbonyl (C=O) groups excluding carboxylic acids is 3. The Balaban J connectivity index is 1.78. The van der Waals surface area contributed by atoms with Gasteiger partial charge in [0.15, 0.2) is 11.9 Å². The lowest BCUT2D eigenvalue weighted by Gasteiger charge is -2.13. The van der Waals surface area contributed by atoms with Gasteiger partial charge >= 0.3 is 5.97 Å². The number of hydrogen-bond acceptors (Lipinski definition) is 5. The molecular weight excluding hydrogens is 350 g/mol. The molecule has 0 spiro atoms. The second-order valence-electron chi connectivity index (χ2n) is 6.01. The number of amides is 1. The van der Waals surface area contributed by atoms with Crippen molar-refractivity contribution in [2.45, 2.75) is 46.1 Å². The van der Waals surface area contributed by atoms with Gasteiger partial charge in [-0.1, -0.05) is 19.1 Å². The number of hydrogen-bond donors (Lipinski definition) is 1. The molecule has 5 nitrogen and oxygen atoms in total. The molecule has 1 heterocycles. The summed E-state index contributed by atoms with van der Waals surface area (Å²) in [5, 5.41) is 2.71. The Bertz CT molecular complexity index is 779. The second-order valence-corrected chi connectivity index (χ2v) is 7.29. The number of anilines is 1. The molecule has 0 aliphatic carbocycles. The van der Waals surface area contributed by atoms with Crippen LogP contribution in [0, 0.1) is 6.92 Å². The Kier molecular flexibility index (Phi) is 7.09. The zero-order valence-electron chi connectivity index (χ0n) is 15.2. The van der Waals surface area contributed by atoms with Gasteiger partial charge < -0.3 is 10.1 Å². The van der Waals surface area contributed by atoms with Gasteiger partial charge in [-0.15, -0.1) is 11.3 Å². The lowest BCUT2D eigenvalue weighted by atomic mass is 10.1. The van der Waals surface area contributed by atoms with Crippen LogP contribution in [0.4, 0.5) is 5.69 Å². The van der Waals surface area contributed by atoms with Crippen LogP contribution in [-0.4, -0.2) is 23.8 Å². The van der Waals surface area contributed by atoms with Crippen LogP contribution in [0.2, 0.25) is 0 Å². The fraction of sp³-hybridized carbons (Fsp3) is 0.350. The first-order chi connectivity index (χ1) is 12.4. The van der Waals surface area contributed by atoms with Crippen LogP contribution in [-0.2, 0) is 20.7 Å². The summed E-state index contributed by atoms with van der Waals surface area (Å²) in [6.45, 7) is 5.49. The molecule has 1 amide bonds. The minimum Gasteiger partial charge on any atom is -0.453 e. The molecule has 2 rings (SSSR count). The van der Waals surface area contributed by atoms with Crippen molar-refractivity contribution in [2.75, 3.05) is 5.32 Å². The second kappa shape index (κ2) is 9.29. The van der Waals surface area contributed by atoms with Crippen LogP contribution < -0.4 is 5.32 Å². The highest BCUT2D eigenvalue weighted by Gasteiger charge is 2.19. The Hall–Kier alpha value is -2.47. The third kappa shape index (κ3) is 5.81. The number of benzene rings is 1. The van der Waals surface area contributed by atoms with E-state index in [1.807, 2.05) is 37.3 Å². The molecule has 0 saturated carbocycles. The molecule has 1 aromatic heterocycles. The van der Waals surface area contributed by atoms with Crippen molar-refractivity contribution in [3.63, 3.8) is 0 Å². The standard InChI is InChI=1S/C20H23NO4S/c1-4-15-6-8-16(9-7-15)21-20(24)14(3)25-19(23)12-10-17(22)18-11-5-13(2)26-18/h5-9,11,14H,4,10,12H2,1-3H3,(H,21,24). The van der Waals surface area contributed by atoms with Crippen LogP contribution >= 0.6 is 11.3 Å². The molecule has 1 aromatic carbocycles. The van der Waals surface area contributed by atoms with E-state index in [9.17, 15) is 14.4 Å². The maximum absolute atomic E-state index is 12.1. The topological polar surface area (TPSA) is 72.5 Å². The molecule has 0 bridgehead atoms. The Morgan fingerprint density at radius 1 is 1.08 bits per heavy atom. The fourth-order valence-electron chi connectivity index (χ4n) is 2.30. The average molecular weight is 373 g/mol. The predicted octanol–water partition coefficient (Wildman–Crippen LogP) is 4.15. The molecular formula is C20H23NO4S. The number of nitrogens with one attached hydrogen (secondary N) is 1. The van der Waals surface area contributed by atoms with Crippen LogP contribution in [0.25, 0.3) is 0 Å². The maximum atomic E-state index is 12.1. The highest BCUT2D eigenvalue weighted by molar-refractivity contribution is 7.14. The van der Waals surface area contributed by atoms with Gasteiger partial charge in [-0.2, -0.15) is 0 Å². The number of ether oxygens (including phenoxy) is 1. The van der Waals surface area contributed by atoms with Crippen LogP contribution in [0.5, 0.6) is 0 Å². The summed E-state index contributed by atoms with van der Waals surface area (Å²) in [4.78, 5) is 37.7. The van der Waals surface area contributed by atoms with Gasteiger partial charge in [-0.05, 0) is 50.1 Å². The van der Waals surface area contributed by atoms with Gasteiger partial charge in [-0.25, -0.2) is 0 Å². The normalized spacial score (nSPS) is 11.7. The van der Waals surface area contributed by atoms with Crippen molar-refractivity contribution in [3.8, 4) is 0 Å². The Morgan fingerprint density at radius 2 is 1.77 bits per heavy atom. The maximum Gasteiger partial charge on any atom is 0.307 e. The Morgan fingerprint density at radius 3 is 2.35 bits per heavy atom. The zero-order valence-corrected chi connectivity index (χ0v) is 16.0. The third-order valence-electron chi connectivity index (χ3n) is 3.88. The zero-order chi connectivity index (χ0) is 19.1. The summed E-state index contributed by atoms with van der Waals surface area (Å²) in [5.41, 5.74) is 1.83. The smallest absolute Gasteiger partial charge is 0.307 e. The average Bonchev–Trinajstić information content (AvgIpc) is 3.06. The van der Waals surface area contributed by atoms with Gasteiger partial charge in [0.05, 0.1) is 11.3 Å². The van der Waals surface area contributed by atoms with E-state index < -0.39 is 18.0 Å². The Labute approximate surface area is 157 Å². The van der Waals surface area contributed by atoms with E-state index in [0.717, 1.165) is 11.3 Å². The first kappa shape index (κ1) is 19.8. The quantitative estimate of drug-likeness (QED) is 0.557. The molecule has 1 N–H and O–H groups in total. The third-order valence-corrected chi connectivity index (χ3v) is 4.92. The SMILES string of the molecule is CCc1ccc(NC(=O)C(C)OC(=O)CCC(=O)c2ccc(C)s2)cc1. The number of carbonyl (C=O) groups is 3. The summed E-state index contributed by atoms with van der Waals surface area (Å²) < 4.78 is 5.12. The number of ketones is 1. The van der Waals surface area contributed by atoms with Gasteiger partial charge in [0.1, 0.15) is 0 Å². The van der Waals surface area contributed by atoms with E-state index in [2.05, 4.69) is 12.2 Å². The molecule has 138 valence electrons. The molecule has 6 heteroatoms. The molecule has 1 atom stereocenters. The summed E-state index contributed by atoms with van der Waals surface area (Å²) in [6, 6.07) is 11.1. The summed E-state index contributed by atoms with van der Waals surface area (Å²) in [6.07, 6.45) is 0.0309. The predicted molar refractivity (Wildman–Crippen MR) is 103 cm³/mol. The number of thiophene rings is 1. The van der Waals surface area contributed by atoms with Crippen molar-refractivity contribution in [3.05, 3.63) is 51.7 Å². The van der Waals surface area contributed by atoms with Crippen molar-refractivity contribution in [1.82, 2.24) is 0 Å². The summed E-state index contributed by atoms with van der Waals surface area (Å²) >= 11 is 1.40. The minimum atomic E-state index is -0.924. The number of rotatable bonds is 8. The lowest BCUT2D eigenvalue weighted by Crippen LogP contribution is -2.30. The van der Waals surface area contributed by atoms with E-state index in [0.29, 0.717) is 10.6 Å². The highest BCUT2D eigenvalue weighted by Crippen LogP contribution is 2.18. The molecule has 2 aromatic rings. The van der Waals surface area contributed by atoms with Crippen molar-refractivity contribution < 1.29 is 19.1 Å². The molecule has 0 aliphatic heterocycles. The van der Waals surface area contributed by atoms with E-state index >= 15 is 0 Å². The summed E-state index contributed by atoms with van der Waals surface area (Å²) in [5.74, 6) is -1.05. The molecule has 0 radical (unpaired) electrons. The van der Waals surface area contributed by atoms with E-state index in [1.165, 1.54) is 23.8 Å². The van der Waals surface area contributed by atoms with Crippen LogP contribution in [0.3, 0.4) is 0 Å². The van der Waals surface area contributed by atoms with Gasteiger partial charge in [0.25, 0.3) is 5.91 Å². The number of Topliss-reactive ketones (excluding diaryl/α,β-unsaturated/α-hetero) is 1. The van der Waals surface area contributed by atoms with Gasteiger partial charge in [0.2, 0.25) is 0 Å². The largest absolute Gasteiger partial charge is 0.453 e. The minimum absolute atomic E-state index is 0.0431. The van der Waals surface area contributed by atoms with Crippen molar-refractivity contribution in [2.24, 2.45) is 0 Å². The van der Waals surface area contributed by atoms with E-state index in [4.69, 9.17) is 4.74 Å². The molecule has 1 unspecified atom stereocenters. The number of aryl methyl sites for hydroxylation is 2. The first-order valence-corrected chi connectivity index (χ1v) is 9.39. The molecule has 26 heavy (non-hydrogen) atoms. The van der Waals surface area contributed by atoms with Gasteiger partial charge in [0, 0.05) is 17.0 Å².